The fraction of sp³-hybridized carbons (Fsp3) is 0.308. The first-order chi connectivity index (χ1) is 8.54. The van der Waals surface area contributed by atoms with Crippen LogP contribution in [0.4, 0.5) is 5.69 Å². The summed E-state index contributed by atoms with van der Waals surface area (Å²) in [7, 11) is 1.70. The minimum absolute atomic E-state index is 0.0541. The van der Waals surface area contributed by atoms with E-state index >= 15 is 0 Å². The number of halogens is 1. The number of fused-ring (bicyclic) bond motifs is 1. The highest BCUT2D eigenvalue weighted by molar-refractivity contribution is 6.51. The van der Waals surface area contributed by atoms with E-state index in [1.165, 1.54) is 0 Å². The van der Waals surface area contributed by atoms with Crippen LogP contribution in [0.3, 0.4) is 0 Å². The van der Waals surface area contributed by atoms with E-state index in [1.54, 1.807) is 30.1 Å². The van der Waals surface area contributed by atoms with Crippen molar-refractivity contribution in [2.75, 3.05) is 17.8 Å². The Labute approximate surface area is 110 Å². The molecule has 4 nitrogen and oxygen atoms in total. The molecule has 1 aliphatic heterocycles. The molecule has 0 bridgehead atoms. The molecule has 1 aliphatic rings. The molecule has 1 amide bonds. The first-order valence-electron chi connectivity index (χ1n) is 5.57. The van der Waals surface area contributed by atoms with E-state index in [2.05, 4.69) is 0 Å². The number of anilines is 1. The number of hydrogen-bond donors (Lipinski definition) is 0. The molecule has 1 heterocycles. The molecular formula is C13H12ClNO3. The summed E-state index contributed by atoms with van der Waals surface area (Å²) in [6, 6.07) is 4.92. The Hall–Kier alpha value is -1.68. The van der Waals surface area contributed by atoms with Gasteiger partial charge in [-0.2, -0.15) is 0 Å². The van der Waals surface area contributed by atoms with Crippen LogP contribution >= 0.6 is 11.6 Å². The monoisotopic (exact) mass is 265 g/mol. The summed E-state index contributed by atoms with van der Waals surface area (Å²) in [6.45, 7) is 0. The molecule has 0 aromatic heterocycles. The van der Waals surface area contributed by atoms with Gasteiger partial charge in [0.25, 0.3) is 0 Å². The molecule has 0 aliphatic carbocycles. The Morgan fingerprint density at radius 1 is 1.33 bits per heavy atom. The fourth-order valence-electron chi connectivity index (χ4n) is 2.02. The predicted octanol–water partition coefficient (Wildman–Crippen LogP) is 1.59. The zero-order chi connectivity index (χ0) is 13.3. The Morgan fingerprint density at radius 2 is 2.06 bits per heavy atom. The number of benzene rings is 1. The van der Waals surface area contributed by atoms with Gasteiger partial charge >= 0.3 is 0 Å². The topological polar surface area (TPSA) is 54.5 Å². The average Bonchev–Trinajstić information content (AvgIpc) is 2.41. The second kappa shape index (κ2) is 4.90. The predicted molar refractivity (Wildman–Crippen MR) is 68.2 cm³/mol. The molecule has 0 unspecified atom stereocenters. The Kier molecular flexibility index (Phi) is 3.48. The van der Waals surface area contributed by atoms with Crippen molar-refractivity contribution in [1.82, 2.24) is 0 Å². The highest BCUT2D eigenvalue weighted by Gasteiger charge is 2.23. The number of alkyl halides is 1. The minimum Gasteiger partial charge on any atom is -0.315 e. The largest absolute Gasteiger partial charge is 0.315 e. The number of carbonyl (C=O) groups excluding carboxylic acids is 3. The quantitative estimate of drug-likeness (QED) is 0.474. The summed E-state index contributed by atoms with van der Waals surface area (Å²) in [6.07, 6.45) is 1.01. The van der Waals surface area contributed by atoms with E-state index in [1.807, 2.05) is 0 Å². The molecular weight excluding hydrogens is 254 g/mol. The highest BCUT2D eigenvalue weighted by Crippen LogP contribution is 2.27. The van der Waals surface area contributed by atoms with Gasteiger partial charge in [-0.3, -0.25) is 14.4 Å². The van der Waals surface area contributed by atoms with Crippen molar-refractivity contribution in [2.45, 2.75) is 12.8 Å². The van der Waals surface area contributed by atoms with Crippen molar-refractivity contribution in [3.05, 3.63) is 29.3 Å². The molecule has 0 N–H and O–H groups in total. The molecule has 0 spiro atoms. The summed E-state index contributed by atoms with van der Waals surface area (Å²) in [5.41, 5.74) is 2.04. The third-order valence-corrected chi connectivity index (χ3v) is 3.30. The zero-order valence-corrected chi connectivity index (χ0v) is 10.7. The van der Waals surface area contributed by atoms with Gasteiger partial charge in [-0.25, -0.2) is 0 Å². The number of rotatable bonds is 3. The molecule has 0 atom stereocenters. The molecule has 0 saturated heterocycles. The van der Waals surface area contributed by atoms with Crippen molar-refractivity contribution in [1.29, 1.82) is 0 Å². The smallest absolute Gasteiger partial charge is 0.229 e. The summed E-state index contributed by atoms with van der Waals surface area (Å²) in [5.74, 6) is -1.45. The van der Waals surface area contributed by atoms with Crippen molar-refractivity contribution < 1.29 is 14.4 Å². The second-order valence-electron chi connectivity index (χ2n) is 4.18. The Morgan fingerprint density at radius 3 is 2.72 bits per heavy atom. The van der Waals surface area contributed by atoms with E-state index in [0.717, 1.165) is 11.3 Å². The van der Waals surface area contributed by atoms with Crippen molar-refractivity contribution in [3.8, 4) is 0 Å². The lowest BCUT2D eigenvalue weighted by atomic mass is 9.97. The number of aryl methyl sites for hydroxylation is 1. The van der Waals surface area contributed by atoms with Crippen LogP contribution in [0.5, 0.6) is 0 Å². The van der Waals surface area contributed by atoms with Crippen LogP contribution in [0.1, 0.15) is 22.3 Å². The van der Waals surface area contributed by atoms with Crippen LogP contribution in [-0.2, 0) is 16.0 Å². The zero-order valence-electron chi connectivity index (χ0n) is 9.90. The third-order valence-electron chi connectivity index (χ3n) is 3.06. The highest BCUT2D eigenvalue weighted by atomic mass is 35.5. The maximum absolute atomic E-state index is 11.7. The van der Waals surface area contributed by atoms with Gasteiger partial charge in [-0.05, 0) is 30.2 Å². The number of nitrogens with zero attached hydrogens (tertiary/aromatic N) is 1. The van der Waals surface area contributed by atoms with E-state index in [0.29, 0.717) is 18.4 Å². The number of carbonyl (C=O) groups is 3. The van der Waals surface area contributed by atoms with Crippen LogP contribution in [0.25, 0.3) is 0 Å². The van der Waals surface area contributed by atoms with Crippen LogP contribution in [0.15, 0.2) is 18.2 Å². The summed E-state index contributed by atoms with van der Waals surface area (Å²) < 4.78 is 0. The SMILES string of the molecule is CN1C(=O)CCc2cc(C(=O)C(=O)CCl)ccc21. The molecule has 0 saturated carbocycles. The lowest BCUT2D eigenvalue weighted by Crippen LogP contribution is -2.31. The van der Waals surface area contributed by atoms with Gasteiger partial charge in [0.2, 0.25) is 17.5 Å². The first kappa shape index (κ1) is 12.8. The van der Waals surface area contributed by atoms with Gasteiger partial charge in [-0.15, -0.1) is 11.6 Å². The normalized spacial score (nSPS) is 14.3. The maximum Gasteiger partial charge on any atom is 0.229 e. The summed E-state index contributed by atoms with van der Waals surface area (Å²) >= 11 is 5.36. The lowest BCUT2D eigenvalue weighted by Gasteiger charge is -2.25. The molecule has 0 radical (unpaired) electrons. The molecule has 5 heteroatoms. The number of ketones is 2. The molecule has 94 valence electrons. The summed E-state index contributed by atoms with van der Waals surface area (Å²) in [4.78, 5) is 36.0. The first-order valence-corrected chi connectivity index (χ1v) is 6.11. The molecule has 1 aromatic carbocycles. The van der Waals surface area contributed by atoms with Gasteiger partial charge in [0.1, 0.15) is 0 Å². The number of amides is 1. The fourth-order valence-corrected chi connectivity index (χ4v) is 2.14. The van der Waals surface area contributed by atoms with Crippen molar-refractivity contribution in [3.63, 3.8) is 0 Å². The van der Waals surface area contributed by atoms with Gasteiger partial charge in [0.15, 0.2) is 0 Å². The van der Waals surface area contributed by atoms with Crippen LogP contribution in [0, 0.1) is 0 Å². The van der Waals surface area contributed by atoms with E-state index < -0.39 is 11.6 Å². The molecule has 1 aromatic rings. The standard InChI is InChI=1S/C13H12ClNO3/c1-15-10-4-2-9(13(18)11(16)7-14)6-8(10)3-5-12(15)17/h2,4,6H,3,5,7H2,1H3. The van der Waals surface area contributed by atoms with E-state index in [4.69, 9.17) is 11.6 Å². The van der Waals surface area contributed by atoms with E-state index in [9.17, 15) is 14.4 Å². The van der Waals surface area contributed by atoms with Crippen molar-refractivity contribution >= 4 is 34.8 Å². The number of hydrogen-bond acceptors (Lipinski definition) is 3. The molecule has 2 rings (SSSR count). The van der Waals surface area contributed by atoms with Crippen molar-refractivity contribution in [2.24, 2.45) is 0 Å². The third kappa shape index (κ3) is 2.16. The molecule has 18 heavy (non-hydrogen) atoms. The average molecular weight is 266 g/mol. The van der Waals surface area contributed by atoms with Gasteiger partial charge in [0, 0.05) is 24.7 Å². The van der Waals surface area contributed by atoms with Gasteiger partial charge < -0.3 is 4.90 Å². The van der Waals surface area contributed by atoms with Crippen LogP contribution < -0.4 is 4.90 Å². The minimum atomic E-state index is -0.614. The van der Waals surface area contributed by atoms with Crippen LogP contribution in [0.2, 0.25) is 0 Å². The molecule has 0 fully saturated rings. The summed E-state index contributed by atoms with van der Waals surface area (Å²) in [5, 5.41) is 0. The van der Waals surface area contributed by atoms with Gasteiger partial charge in [-0.1, -0.05) is 0 Å². The second-order valence-corrected chi connectivity index (χ2v) is 4.45. The number of Topliss-reactive ketones (excluding diaryl/α,β-unsaturated/α-hetero) is 2. The van der Waals surface area contributed by atoms with E-state index in [-0.39, 0.29) is 11.8 Å². The van der Waals surface area contributed by atoms with Crippen LogP contribution in [-0.4, -0.2) is 30.4 Å². The Balaban J connectivity index is 2.37. The Bertz CT molecular complexity index is 539. The van der Waals surface area contributed by atoms with Gasteiger partial charge in [0.05, 0.1) is 5.88 Å². The lowest BCUT2D eigenvalue weighted by molar-refractivity contribution is -0.118. The maximum atomic E-state index is 11.7.